The number of benzene rings is 1. The van der Waals surface area contributed by atoms with Crippen LogP contribution in [-0.2, 0) is 0 Å². The molecule has 0 bridgehead atoms. The highest BCUT2D eigenvalue weighted by atomic mass is 14.9. The summed E-state index contributed by atoms with van der Waals surface area (Å²) in [6.07, 6.45) is 0. The van der Waals surface area contributed by atoms with Crippen molar-refractivity contribution < 1.29 is 0 Å². The summed E-state index contributed by atoms with van der Waals surface area (Å²) < 4.78 is 0. The minimum Gasteiger partial charge on any atom is -0.385 e. The van der Waals surface area contributed by atoms with Crippen LogP contribution in [0.4, 0.5) is 5.69 Å². The van der Waals surface area contributed by atoms with Crippen LogP contribution in [-0.4, -0.2) is 13.1 Å². The van der Waals surface area contributed by atoms with E-state index in [2.05, 4.69) is 44.3 Å². The summed E-state index contributed by atoms with van der Waals surface area (Å²) >= 11 is 0. The Kier molecular flexibility index (Phi) is 3.96. The second-order valence-corrected chi connectivity index (χ2v) is 4.04. The molecule has 0 aliphatic heterocycles. The molecule has 0 aromatic heterocycles. The zero-order valence-electron chi connectivity index (χ0n) is 9.30. The van der Waals surface area contributed by atoms with Crippen molar-refractivity contribution in [3.63, 3.8) is 0 Å². The van der Waals surface area contributed by atoms with Gasteiger partial charge < -0.3 is 11.1 Å². The molecule has 1 rings (SSSR count). The van der Waals surface area contributed by atoms with Gasteiger partial charge in [-0.2, -0.15) is 0 Å². The van der Waals surface area contributed by atoms with E-state index in [4.69, 9.17) is 5.73 Å². The Hall–Kier alpha value is -1.02. The molecule has 1 atom stereocenters. The minimum absolute atomic E-state index is 0.524. The predicted molar refractivity (Wildman–Crippen MR) is 62.6 cm³/mol. The van der Waals surface area contributed by atoms with Crippen molar-refractivity contribution >= 4 is 5.69 Å². The zero-order chi connectivity index (χ0) is 10.6. The van der Waals surface area contributed by atoms with Crippen molar-refractivity contribution in [2.45, 2.75) is 20.8 Å². The Bertz CT molecular complexity index is 294. The lowest BCUT2D eigenvalue weighted by Gasteiger charge is -2.13. The van der Waals surface area contributed by atoms with E-state index in [-0.39, 0.29) is 0 Å². The minimum atomic E-state index is 0.524. The molecule has 0 spiro atoms. The van der Waals surface area contributed by atoms with Gasteiger partial charge in [0.2, 0.25) is 0 Å². The molecule has 1 aromatic carbocycles. The first-order valence-corrected chi connectivity index (χ1v) is 5.14. The van der Waals surface area contributed by atoms with Gasteiger partial charge in [-0.3, -0.25) is 0 Å². The molecule has 0 saturated heterocycles. The molecule has 1 unspecified atom stereocenters. The van der Waals surface area contributed by atoms with E-state index in [1.54, 1.807) is 0 Å². The summed E-state index contributed by atoms with van der Waals surface area (Å²) in [5.74, 6) is 0.524. The fraction of sp³-hybridized carbons (Fsp3) is 0.500. The topological polar surface area (TPSA) is 38.0 Å². The fourth-order valence-corrected chi connectivity index (χ4v) is 1.38. The van der Waals surface area contributed by atoms with Gasteiger partial charge in [-0.15, -0.1) is 0 Å². The number of rotatable bonds is 4. The maximum Gasteiger partial charge on any atom is 0.0370 e. The number of aryl methyl sites for hydroxylation is 2. The van der Waals surface area contributed by atoms with Crippen molar-refractivity contribution in [3.8, 4) is 0 Å². The van der Waals surface area contributed by atoms with E-state index in [1.807, 2.05) is 0 Å². The Morgan fingerprint density at radius 1 is 1.36 bits per heavy atom. The standard InChI is InChI=1S/C12H20N2/c1-9-4-5-12(11(3)6-9)14-8-10(2)7-13/h4-6,10,14H,7-8,13H2,1-3H3. The van der Waals surface area contributed by atoms with Gasteiger partial charge in [-0.25, -0.2) is 0 Å². The van der Waals surface area contributed by atoms with Crippen LogP contribution in [0.25, 0.3) is 0 Å². The largest absolute Gasteiger partial charge is 0.385 e. The van der Waals surface area contributed by atoms with Crippen LogP contribution < -0.4 is 11.1 Å². The summed E-state index contributed by atoms with van der Waals surface area (Å²) in [4.78, 5) is 0. The molecular weight excluding hydrogens is 172 g/mol. The second-order valence-electron chi connectivity index (χ2n) is 4.04. The van der Waals surface area contributed by atoms with Crippen LogP contribution in [0.1, 0.15) is 18.1 Å². The molecule has 1 aromatic rings. The highest BCUT2D eigenvalue weighted by Crippen LogP contribution is 2.16. The van der Waals surface area contributed by atoms with Crippen molar-refractivity contribution in [1.29, 1.82) is 0 Å². The summed E-state index contributed by atoms with van der Waals surface area (Å²) in [7, 11) is 0. The molecule has 78 valence electrons. The van der Waals surface area contributed by atoms with Crippen molar-refractivity contribution in [1.82, 2.24) is 0 Å². The van der Waals surface area contributed by atoms with Gasteiger partial charge >= 0.3 is 0 Å². The maximum absolute atomic E-state index is 5.56. The van der Waals surface area contributed by atoms with Gasteiger partial charge in [0.1, 0.15) is 0 Å². The van der Waals surface area contributed by atoms with Crippen LogP contribution in [0.2, 0.25) is 0 Å². The molecule has 0 fully saturated rings. The third kappa shape index (κ3) is 3.04. The smallest absolute Gasteiger partial charge is 0.0370 e. The van der Waals surface area contributed by atoms with Crippen molar-refractivity contribution in [2.75, 3.05) is 18.4 Å². The van der Waals surface area contributed by atoms with Crippen LogP contribution in [0, 0.1) is 19.8 Å². The maximum atomic E-state index is 5.56. The predicted octanol–water partition coefficient (Wildman–Crippen LogP) is 2.31. The molecule has 2 heteroatoms. The van der Waals surface area contributed by atoms with Gasteiger partial charge in [-0.05, 0) is 37.9 Å². The van der Waals surface area contributed by atoms with Gasteiger partial charge in [-0.1, -0.05) is 24.6 Å². The van der Waals surface area contributed by atoms with Gasteiger partial charge in [0.05, 0.1) is 0 Å². The summed E-state index contributed by atoms with van der Waals surface area (Å²) in [5, 5.41) is 3.41. The lowest BCUT2D eigenvalue weighted by molar-refractivity contribution is 0.628. The average molecular weight is 192 g/mol. The quantitative estimate of drug-likeness (QED) is 0.768. The Balaban J connectivity index is 2.59. The fourth-order valence-electron chi connectivity index (χ4n) is 1.38. The molecule has 0 aliphatic rings. The number of nitrogens with two attached hydrogens (primary N) is 1. The van der Waals surface area contributed by atoms with Crippen LogP contribution in [0.15, 0.2) is 18.2 Å². The first-order chi connectivity index (χ1) is 6.63. The summed E-state index contributed by atoms with van der Waals surface area (Å²) in [6, 6.07) is 6.45. The molecule has 3 N–H and O–H groups in total. The molecule has 0 heterocycles. The van der Waals surface area contributed by atoms with E-state index < -0.39 is 0 Å². The van der Waals surface area contributed by atoms with E-state index in [9.17, 15) is 0 Å². The Morgan fingerprint density at radius 2 is 2.07 bits per heavy atom. The second kappa shape index (κ2) is 5.01. The third-order valence-corrected chi connectivity index (χ3v) is 2.43. The Labute approximate surface area is 86.5 Å². The van der Waals surface area contributed by atoms with Crippen molar-refractivity contribution in [2.24, 2.45) is 11.7 Å². The highest BCUT2D eigenvalue weighted by molar-refractivity contribution is 5.51. The summed E-state index contributed by atoms with van der Waals surface area (Å²) in [5.41, 5.74) is 9.38. The van der Waals surface area contributed by atoms with Crippen LogP contribution >= 0.6 is 0 Å². The number of hydrogen-bond acceptors (Lipinski definition) is 2. The number of hydrogen-bond donors (Lipinski definition) is 2. The molecule has 0 amide bonds. The number of anilines is 1. The number of nitrogens with one attached hydrogen (secondary N) is 1. The molecular formula is C12H20N2. The first-order valence-electron chi connectivity index (χ1n) is 5.14. The molecule has 0 aliphatic carbocycles. The van der Waals surface area contributed by atoms with Crippen LogP contribution in [0.5, 0.6) is 0 Å². The first kappa shape index (κ1) is 11.1. The van der Waals surface area contributed by atoms with Gasteiger partial charge in [0.25, 0.3) is 0 Å². The molecule has 0 saturated carbocycles. The average Bonchev–Trinajstić information content (AvgIpc) is 2.16. The van der Waals surface area contributed by atoms with E-state index in [0.29, 0.717) is 5.92 Å². The SMILES string of the molecule is Cc1ccc(NCC(C)CN)c(C)c1. The van der Waals surface area contributed by atoms with E-state index in [0.717, 1.165) is 13.1 Å². The van der Waals surface area contributed by atoms with Gasteiger partial charge in [0, 0.05) is 12.2 Å². The highest BCUT2D eigenvalue weighted by Gasteiger charge is 2.00. The lowest BCUT2D eigenvalue weighted by atomic mass is 10.1. The zero-order valence-corrected chi connectivity index (χ0v) is 9.30. The summed E-state index contributed by atoms with van der Waals surface area (Å²) in [6.45, 7) is 8.07. The third-order valence-electron chi connectivity index (χ3n) is 2.43. The van der Waals surface area contributed by atoms with E-state index >= 15 is 0 Å². The molecule has 2 nitrogen and oxygen atoms in total. The van der Waals surface area contributed by atoms with Crippen LogP contribution in [0.3, 0.4) is 0 Å². The van der Waals surface area contributed by atoms with Gasteiger partial charge in [0.15, 0.2) is 0 Å². The molecule has 14 heavy (non-hydrogen) atoms. The lowest BCUT2D eigenvalue weighted by Crippen LogP contribution is -2.20. The molecule has 0 radical (unpaired) electrons. The normalized spacial score (nSPS) is 12.6. The Morgan fingerprint density at radius 3 is 2.64 bits per heavy atom. The van der Waals surface area contributed by atoms with Crippen molar-refractivity contribution in [3.05, 3.63) is 29.3 Å². The van der Waals surface area contributed by atoms with E-state index in [1.165, 1.54) is 16.8 Å². The monoisotopic (exact) mass is 192 g/mol.